The summed E-state index contributed by atoms with van der Waals surface area (Å²) in [5.41, 5.74) is 3.27. The molecule has 0 spiro atoms. The zero-order valence-corrected chi connectivity index (χ0v) is 18.9. The van der Waals surface area contributed by atoms with Crippen LogP contribution in [0.25, 0.3) is 11.3 Å². The lowest BCUT2D eigenvalue weighted by molar-refractivity contribution is 0.0369. The quantitative estimate of drug-likeness (QED) is 0.528. The van der Waals surface area contributed by atoms with Crippen LogP contribution in [-0.2, 0) is 11.3 Å². The number of benzene rings is 2. The molecule has 0 amide bonds. The summed E-state index contributed by atoms with van der Waals surface area (Å²) in [7, 11) is 3.37. The lowest BCUT2D eigenvalue weighted by atomic mass is 10.1. The maximum atomic E-state index is 5.47. The molecular weight excluding hydrogens is 410 g/mol. The molecule has 7 heteroatoms. The van der Waals surface area contributed by atoms with Crippen molar-refractivity contribution in [2.75, 3.05) is 47.1 Å². The van der Waals surface area contributed by atoms with Crippen molar-refractivity contribution in [3.8, 4) is 22.8 Å². The Morgan fingerprint density at radius 3 is 2.19 bits per heavy atom. The number of hydrogen-bond acceptors (Lipinski definition) is 6. The van der Waals surface area contributed by atoms with Crippen LogP contribution in [0.5, 0.6) is 11.5 Å². The first-order valence-corrected chi connectivity index (χ1v) is 11.5. The number of ether oxygens (including phenoxy) is 3. The fraction of sp³-hybridized carbons (Fsp3) is 0.375. The maximum absolute atomic E-state index is 5.47. The Hall–Kier alpha value is -2.61. The highest BCUT2D eigenvalue weighted by Crippen LogP contribution is 2.24. The lowest BCUT2D eigenvalue weighted by Crippen LogP contribution is -2.37. The number of rotatable bonds is 8. The van der Waals surface area contributed by atoms with E-state index in [1.165, 1.54) is 11.3 Å². The van der Waals surface area contributed by atoms with Gasteiger partial charge in [-0.1, -0.05) is 0 Å². The number of hydrogen-bond donors (Lipinski definition) is 0. The summed E-state index contributed by atoms with van der Waals surface area (Å²) < 4.78 is 18.4. The third-order valence-corrected chi connectivity index (χ3v) is 6.30. The van der Waals surface area contributed by atoms with Crippen molar-refractivity contribution in [2.45, 2.75) is 13.0 Å². The maximum Gasteiger partial charge on any atom is 0.190 e. The number of aromatic nitrogens is 1. The predicted octanol–water partition coefficient (Wildman–Crippen LogP) is 4.19. The van der Waals surface area contributed by atoms with Gasteiger partial charge in [-0.3, -0.25) is 4.90 Å². The van der Waals surface area contributed by atoms with Crippen LogP contribution in [0, 0.1) is 0 Å². The van der Waals surface area contributed by atoms with Gasteiger partial charge in [-0.25, -0.2) is 4.99 Å². The van der Waals surface area contributed by atoms with E-state index in [4.69, 9.17) is 19.2 Å². The van der Waals surface area contributed by atoms with E-state index in [1.54, 1.807) is 25.6 Å². The summed E-state index contributed by atoms with van der Waals surface area (Å²) in [6, 6.07) is 16.1. The standard InChI is InChI=1S/C24H29N3O3S/c1-28-21-8-4-19(5-9-21)23-18-31-24(25-20-6-10-22(29-2)11-7-20)27(23)13-3-12-26-14-16-30-17-15-26/h4-11,18H,3,12-17H2,1-2H3. The van der Waals surface area contributed by atoms with Crippen molar-refractivity contribution in [3.63, 3.8) is 0 Å². The number of morpholine rings is 1. The normalized spacial score (nSPS) is 15.2. The molecule has 31 heavy (non-hydrogen) atoms. The van der Waals surface area contributed by atoms with Gasteiger partial charge in [0.15, 0.2) is 4.80 Å². The Bertz CT molecular complexity index is 1020. The van der Waals surface area contributed by atoms with Gasteiger partial charge in [-0.15, -0.1) is 11.3 Å². The minimum Gasteiger partial charge on any atom is -0.497 e. The van der Waals surface area contributed by atoms with E-state index in [-0.39, 0.29) is 0 Å². The SMILES string of the molecule is COc1ccc(N=c2scc(-c3ccc(OC)cc3)n2CCCN2CCOCC2)cc1. The highest BCUT2D eigenvalue weighted by atomic mass is 32.1. The lowest BCUT2D eigenvalue weighted by Gasteiger charge is -2.26. The zero-order valence-electron chi connectivity index (χ0n) is 18.1. The largest absolute Gasteiger partial charge is 0.497 e. The average molecular weight is 440 g/mol. The summed E-state index contributed by atoms with van der Waals surface area (Å²) in [4.78, 5) is 8.40. The van der Waals surface area contributed by atoms with Crippen LogP contribution in [-0.4, -0.2) is 56.5 Å². The first kappa shape index (κ1) is 21.6. The van der Waals surface area contributed by atoms with Crippen LogP contribution in [0.1, 0.15) is 6.42 Å². The van der Waals surface area contributed by atoms with Crippen LogP contribution in [0.4, 0.5) is 5.69 Å². The van der Waals surface area contributed by atoms with E-state index in [9.17, 15) is 0 Å². The third kappa shape index (κ3) is 5.55. The smallest absolute Gasteiger partial charge is 0.190 e. The molecule has 0 unspecified atom stereocenters. The minimum absolute atomic E-state index is 0.834. The fourth-order valence-corrected chi connectivity index (χ4v) is 4.63. The third-order valence-electron chi connectivity index (χ3n) is 5.44. The van der Waals surface area contributed by atoms with E-state index >= 15 is 0 Å². The van der Waals surface area contributed by atoms with Crippen LogP contribution in [0.2, 0.25) is 0 Å². The second-order valence-corrected chi connectivity index (χ2v) is 8.24. The number of nitrogens with zero attached hydrogens (tertiary/aromatic N) is 3. The number of thiazole rings is 1. The van der Waals surface area contributed by atoms with Crippen LogP contribution in [0.3, 0.4) is 0 Å². The summed E-state index contributed by atoms with van der Waals surface area (Å²) in [5.74, 6) is 1.70. The van der Waals surface area contributed by atoms with Gasteiger partial charge in [0, 0.05) is 31.6 Å². The Morgan fingerprint density at radius 1 is 0.903 bits per heavy atom. The first-order valence-electron chi connectivity index (χ1n) is 10.6. The summed E-state index contributed by atoms with van der Waals surface area (Å²) in [6.45, 7) is 5.68. The summed E-state index contributed by atoms with van der Waals surface area (Å²) in [6.07, 6.45) is 1.07. The summed E-state index contributed by atoms with van der Waals surface area (Å²) >= 11 is 1.67. The van der Waals surface area contributed by atoms with Gasteiger partial charge in [-0.2, -0.15) is 0 Å². The summed E-state index contributed by atoms with van der Waals surface area (Å²) in [5, 5.41) is 2.19. The van der Waals surface area contributed by atoms with Crippen LogP contribution in [0.15, 0.2) is 58.9 Å². The van der Waals surface area contributed by atoms with E-state index in [1.807, 2.05) is 36.4 Å². The fourth-order valence-electron chi connectivity index (χ4n) is 3.67. The van der Waals surface area contributed by atoms with Gasteiger partial charge in [0.1, 0.15) is 11.5 Å². The van der Waals surface area contributed by atoms with Crippen LogP contribution < -0.4 is 14.3 Å². The van der Waals surface area contributed by atoms with Crippen molar-refractivity contribution < 1.29 is 14.2 Å². The molecule has 1 aliphatic heterocycles. The Morgan fingerprint density at radius 2 is 1.55 bits per heavy atom. The minimum atomic E-state index is 0.834. The Balaban J connectivity index is 1.61. The van der Waals surface area contributed by atoms with Crippen molar-refractivity contribution in [1.29, 1.82) is 0 Å². The van der Waals surface area contributed by atoms with Crippen molar-refractivity contribution in [1.82, 2.24) is 9.47 Å². The molecule has 0 bridgehead atoms. The Kier molecular flexibility index (Phi) is 7.40. The molecule has 0 atom stereocenters. The van der Waals surface area contributed by atoms with Gasteiger partial charge in [0.05, 0.1) is 38.8 Å². The predicted molar refractivity (Wildman–Crippen MR) is 124 cm³/mol. The monoisotopic (exact) mass is 439 g/mol. The van der Waals surface area contributed by atoms with Gasteiger partial charge >= 0.3 is 0 Å². The highest BCUT2D eigenvalue weighted by Gasteiger charge is 2.12. The molecule has 164 valence electrons. The van der Waals surface area contributed by atoms with Crippen LogP contribution >= 0.6 is 11.3 Å². The van der Waals surface area contributed by atoms with E-state index in [0.29, 0.717) is 0 Å². The van der Waals surface area contributed by atoms with Gasteiger partial charge in [0.2, 0.25) is 0 Å². The average Bonchev–Trinajstić information content (AvgIpc) is 3.22. The zero-order chi connectivity index (χ0) is 21.5. The topological polar surface area (TPSA) is 48.2 Å². The molecule has 1 aromatic heterocycles. The van der Waals surface area contributed by atoms with E-state index in [2.05, 4.69) is 27.0 Å². The second kappa shape index (κ2) is 10.6. The molecule has 1 saturated heterocycles. The molecule has 1 aliphatic rings. The molecule has 6 nitrogen and oxygen atoms in total. The number of methoxy groups -OCH3 is 2. The van der Waals surface area contributed by atoms with Crippen molar-refractivity contribution >= 4 is 17.0 Å². The van der Waals surface area contributed by atoms with Crippen molar-refractivity contribution in [2.24, 2.45) is 4.99 Å². The molecule has 4 rings (SSSR count). The molecule has 0 radical (unpaired) electrons. The van der Waals surface area contributed by atoms with Crippen molar-refractivity contribution in [3.05, 3.63) is 58.7 Å². The highest BCUT2D eigenvalue weighted by molar-refractivity contribution is 7.07. The van der Waals surface area contributed by atoms with Gasteiger partial charge in [0.25, 0.3) is 0 Å². The van der Waals surface area contributed by atoms with Gasteiger partial charge < -0.3 is 18.8 Å². The molecule has 2 heterocycles. The molecule has 0 N–H and O–H groups in total. The first-order chi connectivity index (χ1) is 15.3. The molecule has 3 aromatic rings. The van der Waals surface area contributed by atoms with E-state index < -0.39 is 0 Å². The molecule has 1 fully saturated rings. The second-order valence-electron chi connectivity index (χ2n) is 7.40. The molecular formula is C24H29N3O3S. The molecule has 0 aliphatic carbocycles. The Labute approximate surface area is 187 Å². The molecule has 2 aromatic carbocycles. The molecule has 0 saturated carbocycles. The van der Waals surface area contributed by atoms with Gasteiger partial charge in [-0.05, 0) is 60.5 Å². The van der Waals surface area contributed by atoms with E-state index in [0.717, 1.165) is 67.8 Å².